The lowest BCUT2D eigenvalue weighted by Gasteiger charge is -2.25. The largest absolute Gasteiger partial charge is 0.313 e. The Hall–Kier alpha value is -0.820. The highest BCUT2D eigenvalue weighted by atomic mass is 15.0. The summed E-state index contributed by atoms with van der Waals surface area (Å²) in [5.41, 5.74) is 3.39. The van der Waals surface area contributed by atoms with Crippen molar-refractivity contribution in [3.05, 3.63) is 35.4 Å². The van der Waals surface area contributed by atoms with E-state index in [1.165, 1.54) is 56.1 Å². The second kappa shape index (κ2) is 7.26. The number of aryl methyl sites for hydroxylation is 2. The molecule has 1 fully saturated rings. The van der Waals surface area contributed by atoms with Gasteiger partial charge in [-0.2, -0.15) is 0 Å². The van der Waals surface area contributed by atoms with Crippen molar-refractivity contribution in [2.75, 3.05) is 6.54 Å². The SMILES string of the molecule is CCCCc1ccc(CCC(C)(C)CNC2CC2)cc1. The monoisotopic (exact) mass is 273 g/mol. The molecule has 0 saturated heterocycles. The van der Waals surface area contributed by atoms with Gasteiger partial charge in [0.1, 0.15) is 0 Å². The Labute approximate surface area is 125 Å². The molecule has 20 heavy (non-hydrogen) atoms. The summed E-state index contributed by atoms with van der Waals surface area (Å²) in [7, 11) is 0. The van der Waals surface area contributed by atoms with E-state index >= 15 is 0 Å². The van der Waals surface area contributed by atoms with E-state index in [9.17, 15) is 0 Å². The number of benzene rings is 1. The summed E-state index contributed by atoms with van der Waals surface area (Å²) in [6, 6.07) is 10.1. The lowest BCUT2D eigenvalue weighted by molar-refractivity contribution is 0.313. The predicted molar refractivity (Wildman–Crippen MR) is 88.2 cm³/mol. The minimum atomic E-state index is 0.406. The minimum absolute atomic E-state index is 0.406. The number of nitrogens with one attached hydrogen (secondary N) is 1. The van der Waals surface area contributed by atoms with E-state index in [2.05, 4.69) is 50.4 Å². The van der Waals surface area contributed by atoms with Crippen LogP contribution in [0.4, 0.5) is 0 Å². The predicted octanol–water partition coefficient (Wildman–Crippen LogP) is 4.74. The molecule has 112 valence electrons. The molecule has 0 radical (unpaired) electrons. The molecule has 2 rings (SSSR count). The highest BCUT2D eigenvalue weighted by molar-refractivity contribution is 5.22. The maximum Gasteiger partial charge on any atom is 0.00684 e. The molecule has 1 aromatic carbocycles. The number of rotatable bonds is 9. The van der Waals surface area contributed by atoms with E-state index in [0.29, 0.717) is 5.41 Å². The molecular formula is C19H31N. The molecule has 1 saturated carbocycles. The molecule has 1 heteroatoms. The molecule has 1 nitrogen and oxygen atoms in total. The first-order chi connectivity index (χ1) is 9.59. The first kappa shape index (κ1) is 15.6. The van der Waals surface area contributed by atoms with Crippen LogP contribution in [-0.2, 0) is 12.8 Å². The third-order valence-electron chi connectivity index (χ3n) is 4.38. The Kier molecular flexibility index (Phi) is 5.65. The van der Waals surface area contributed by atoms with Gasteiger partial charge in [0.2, 0.25) is 0 Å². The molecule has 0 heterocycles. The molecule has 1 N–H and O–H groups in total. The number of hydrogen-bond acceptors (Lipinski definition) is 1. The second-order valence-corrected chi connectivity index (χ2v) is 7.24. The molecule has 0 amide bonds. The van der Waals surface area contributed by atoms with Crippen molar-refractivity contribution in [2.24, 2.45) is 5.41 Å². The minimum Gasteiger partial charge on any atom is -0.313 e. The van der Waals surface area contributed by atoms with Gasteiger partial charge in [-0.15, -0.1) is 0 Å². The molecule has 0 aromatic heterocycles. The maximum absolute atomic E-state index is 3.67. The van der Waals surface area contributed by atoms with Gasteiger partial charge in [0.25, 0.3) is 0 Å². The lowest BCUT2D eigenvalue weighted by Crippen LogP contribution is -2.31. The van der Waals surface area contributed by atoms with Crippen molar-refractivity contribution in [2.45, 2.75) is 71.8 Å². The van der Waals surface area contributed by atoms with Gasteiger partial charge in [-0.05, 0) is 55.1 Å². The molecule has 0 aliphatic heterocycles. The Morgan fingerprint density at radius 1 is 1.05 bits per heavy atom. The summed E-state index contributed by atoms with van der Waals surface area (Å²) >= 11 is 0. The van der Waals surface area contributed by atoms with Crippen LogP contribution in [0.3, 0.4) is 0 Å². The Balaban J connectivity index is 1.74. The summed E-state index contributed by atoms with van der Waals surface area (Å²) in [6.45, 7) is 8.19. The molecule has 0 unspecified atom stereocenters. The lowest BCUT2D eigenvalue weighted by atomic mass is 9.86. The quantitative estimate of drug-likeness (QED) is 0.685. The fraction of sp³-hybridized carbons (Fsp3) is 0.684. The van der Waals surface area contributed by atoms with E-state index in [0.717, 1.165) is 12.6 Å². The molecule has 0 bridgehead atoms. The average molecular weight is 273 g/mol. The van der Waals surface area contributed by atoms with E-state index in [1.807, 2.05) is 0 Å². The van der Waals surface area contributed by atoms with E-state index in [4.69, 9.17) is 0 Å². The van der Waals surface area contributed by atoms with Gasteiger partial charge >= 0.3 is 0 Å². The number of hydrogen-bond donors (Lipinski definition) is 1. The van der Waals surface area contributed by atoms with Crippen LogP contribution in [-0.4, -0.2) is 12.6 Å². The number of unbranched alkanes of at least 4 members (excludes halogenated alkanes) is 1. The highest BCUT2D eigenvalue weighted by Crippen LogP contribution is 2.25. The van der Waals surface area contributed by atoms with Crippen molar-refractivity contribution >= 4 is 0 Å². The van der Waals surface area contributed by atoms with Crippen LogP contribution in [0.2, 0.25) is 0 Å². The van der Waals surface area contributed by atoms with Gasteiger partial charge in [-0.3, -0.25) is 0 Å². The topological polar surface area (TPSA) is 12.0 Å². The standard InChI is InChI=1S/C19H31N/c1-4-5-6-16-7-9-17(10-8-16)13-14-19(2,3)15-20-18-11-12-18/h7-10,18,20H,4-6,11-15H2,1-3H3. The van der Waals surface area contributed by atoms with Gasteiger partial charge in [0, 0.05) is 12.6 Å². The second-order valence-electron chi connectivity index (χ2n) is 7.24. The third kappa shape index (κ3) is 5.66. The zero-order valence-corrected chi connectivity index (χ0v) is 13.5. The van der Waals surface area contributed by atoms with E-state index in [-0.39, 0.29) is 0 Å². The van der Waals surface area contributed by atoms with Crippen molar-refractivity contribution in [3.8, 4) is 0 Å². The summed E-state index contributed by atoms with van der Waals surface area (Å²) in [4.78, 5) is 0. The van der Waals surface area contributed by atoms with Crippen LogP contribution in [0.1, 0.15) is 64.0 Å². The van der Waals surface area contributed by atoms with Crippen molar-refractivity contribution in [3.63, 3.8) is 0 Å². The Bertz CT molecular complexity index is 387. The normalized spacial score (nSPS) is 15.6. The van der Waals surface area contributed by atoms with Gasteiger partial charge in [-0.25, -0.2) is 0 Å². The third-order valence-corrected chi connectivity index (χ3v) is 4.38. The summed E-state index contributed by atoms with van der Waals surface area (Å²) < 4.78 is 0. The first-order valence-corrected chi connectivity index (χ1v) is 8.40. The van der Waals surface area contributed by atoms with Gasteiger partial charge in [0.05, 0.1) is 0 Å². The molecule has 1 aliphatic carbocycles. The Morgan fingerprint density at radius 3 is 2.20 bits per heavy atom. The first-order valence-electron chi connectivity index (χ1n) is 8.40. The fourth-order valence-corrected chi connectivity index (χ4v) is 2.53. The fourth-order valence-electron chi connectivity index (χ4n) is 2.53. The van der Waals surface area contributed by atoms with E-state index in [1.54, 1.807) is 0 Å². The van der Waals surface area contributed by atoms with Crippen LogP contribution in [0.25, 0.3) is 0 Å². The summed E-state index contributed by atoms with van der Waals surface area (Å²) in [5.74, 6) is 0. The van der Waals surface area contributed by atoms with Crippen LogP contribution < -0.4 is 5.32 Å². The molecular weight excluding hydrogens is 242 g/mol. The highest BCUT2D eigenvalue weighted by Gasteiger charge is 2.24. The molecule has 0 spiro atoms. The summed E-state index contributed by atoms with van der Waals surface area (Å²) in [5, 5.41) is 3.67. The van der Waals surface area contributed by atoms with Crippen molar-refractivity contribution in [1.29, 1.82) is 0 Å². The molecule has 1 aromatic rings. The van der Waals surface area contributed by atoms with Crippen molar-refractivity contribution < 1.29 is 0 Å². The van der Waals surface area contributed by atoms with Crippen LogP contribution in [0.15, 0.2) is 24.3 Å². The van der Waals surface area contributed by atoms with Crippen LogP contribution in [0, 0.1) is 5.41 Å². The van der Waals surface area contributed by atoms with Gasteiger partial charge in [-0.1, -0.05) is 51.5 Å². The molecule has 1 aliphatic rings. The van der Waals surface area contributed by atoms with Gasteiger partial charge in [0.15, 0.2) is 0 Å². The smallest absolute Gasteiger partial charge is 0.00684 e. The maximum atomic E-state index is 3.67. The van der Waals surface area contributed by atoms with E-state index < -0.39 is 0 Å². The Morgan fingerprint density at radius 2 is 1.65 bits per heavy atom. The summed E-state index contributed by atoms with van der Waals surface area (Å²) in [6.07, 6.45) is 9.05. The van der Waals surface area contributed by atoms with Crippen molar-refractivity contribution in [1.82, 2.24) is 5.32 Å². The van der Waals surface area contributed by atoms with Crippen LogP contribution >= 0.6 is 0 Å². The van der Waals surface area contributed by atoms with Gasteiger partial charge < -0.3 is 5.32 Å². The zero-order chi connectivity index (χ0) is 14.4. The average Bonchev–Trinajstić information content (AvgIpc) is 3.26. The molecule has 0 atom stereocenters. The van der Waals surface area contributed by atoms with Crippen LogP contribution in [0.5, 0.6) is 0 Å². The zero-order valence-electron chi connectivity index (χ0n) is 13.5.